The fourth-order valence-electron chi connectivity index (χ4n) is 3.28. The number of nitrogens with one attached hydrogen (secondary N) is 1. The molecule has 2 amide bonds. The first-order valence-electron chi connectivity index (χ1n) is 8.98. The second-order valence-corrected chi connectivity index (χ2v) is 8.23. The van der Waals surface area contributed by atoms with E-state index in [0.29, 0.717) is 17.8 Å². The van der Waals surface area contributed by atoms with Crippen molar-refractivity contribution in [2.24, 2.45) is 5.92 Å². The molecule has 0 spiro atoms. The van der Waals surface area contributed by atoms with E-state index >= 15 is 0 Å². The Labute approximate surface area is 168 Å². The van der Waals surface area contributed by atoms with E-state index in [2.05, 4.69) is 21.2 Å². The number of imide groups is 1. The Hall–Kier alpha value is -2.40. The van der Waals surface area contributed by atoms with E-state index in [0.717, 1.165) is 26.9 Å². The van der Waals surface area contributed by atoms with Crippen molar-refractivity contribution in [3.8, 4) is 0 Å². The second kappa shape index (κ2) is 7.69. The van der Waals surface area contributed by atoms with Gasteiger partial charge in [0, 0.05) is 16.7 Å². The number of nitrogens with zero attached hydrogens (tertiary/aromatic N) is 1. The molecule has 0 fully saturated rings. The molecule has 0 aliphatic carbocycles. The van der Waals surface area contributed by atoms with Gasteiger partial charge in [-0.25, -0.2) is 0 Å². The third-order valence-corrected chi connectivity index (χ3v) is 4.95. The molecule has 5 heteroatoms. The Balaban J connectivity index is 2.12. The molecule has 0 saturated carbocycles. The van der Waals surface area contributed by atoms with Crippen LogP contribution in [0.2, 0.25) is 0 Å². The molecule has 140 valence electrons. The summed E-state index contributed by atoms with van der Waals surface area (Å²) in [7, 11) is 0. The molecule has 0 atom stereocenters. The standard InChI is InChI=1S/C22H23BrN2O2/c1-13(2)12-25-21(26)19(18-9-8-14(3)10-15(18)4)20(22(25)27)24-17-7-5-6-16(23)11-17/h5-11,13,24H,12H2,1-4H3. The lowest BCUT2D eigenvalue weighted by atomic mass is 9.97. The van der Waals surface area contributed by atoms with Crippen LogP contribution in [0.1, 0.15) is 30.5 Å². The topological polar surface area (TPSA) is 49.4 Å². The normalized spacial score (nSPS) is 14.5. The number of carbonyl (C=O) groups excluding carboxylic acids is 2. The number of hydrogen-bond donors (Lipinski definition) is 1. The van der Waals surface area contributed by atoms with Crippen molar-refractivity contribution in [3.05, 3.63) is 69.3 Å². The first-order valence-corrected chi connectivity index (χ1v) is 9.78. The van der Waals surface area contributed by atoms with Gasteiger partial charge in [-0.05, 0) is 49.1 Å². The molecule has 0 radical (unpaired) electrons. The summed E-state index contributed by atoms with van der Waals surface area (Å²) in [6, 6.07) is 13.5. The molecule has 1 aliphatic rings. The predicted molar refractivity (Wildman–Crippen MR) is 112 cm³/mol. The fourth-order valence-corrected chi connectivity index (χ4v) is 3.68. The van der Waals surface area contributed by atoms with Gasteiger partial charge >= 0.3 is 0 Å². The predicted octanol–water partition coefficient (Wildman–Crippen LogP) is 4.91. The van der Waals surface area contributed by atoms with Crippen LogP contribution in [-0.4, -0.2) is 23.3 Å². The highest BCUT2D eigenvalue weighted by Gasteiger charge is 2.39. The van der Waals surface area contributed by atoms with E-state index in [4.69, 9.17) is 0 Å². The molecule has 1 heterocycles. The van der Waals surface area contributed by atoms with Crippen molar-refractivity contribution in [3.63, 3.8) is 0 Å². The monoisotopic (exact) mass is 426 g/mol. The lowest BCUT2D eigenvalue weighted by Gasteiger charge is -2.17. The van der Waals surface area contributed by atoms with Crippen LogP contribution >= 0.6 is 15.9 Å². The van der Waals surface area contributed by atoms with Crippen LogP contribution in [0.15, 0.2) is 52.6 Å². The van der Waals surface area contributed by atoms with Crippen molar-refractivity contribution in [2.45, 2.75) is 27.7 Å². The molecule has 0 unspecified atom stereocenters. The van der Waals surface area contributed by atoms with Crippen LogP contribution < -0.4 is 5.32 Å². The summed E-state index contributed by atoms with van der Waals surface area (Å²) in [5, 5.41) is 3.19. The van der Waals surface area contributed by atoms with Gasteiger partial charge in [0.05, 0.1) is 5.57 Å². The summed E-state index contributed by atoms with van der Waals surface area (Å²) in [5.74, 6) is -0.315. The van der Waals surface area contributed by atoms with Crippen molar-refractivity contribution in [1.82, 2.24) is 4.90 Å². The van der Waals surface area contributed by atoms with Gasteiger partial charge < -0.3 is 5.32 Å². The highest BCUT2D eigenvalue weighted by atomic mass is 79.9. The van der Waals surface area contributed by atoms with Crippen LogP contribution in [-0.2, 0) is 9.59 Å². The summed E-state index contributed by atoms with van der Waals surface area (Å²) < 4.78 is 0.900. The van der Waals surface area contributed by atoms with Crippen molar-refractivity contribution < 1.29 is 9.59 Å². The minimum absolute atomic E-state index is 0.198. The maximum Gasteiger partial charge on any atom is 0.278 e. The first-order chi connectivity index (χ1) is 12.8. The van der Waals surface area contributed by atoms with E-state index in [9.17, 15) is 9.59 Å². The fraction of sp³-hybridized carbons (Fsp3) is 0.273. The largest absolute Gasteiger partial charge is 0.350 e. The van der Waals surface area contributed by atoms with Gasteiger partial charge in [-0.15, -0.1) is 0 Å². The van der Waals surface area contributed by atoms with Gasteiger partial charge in [-0.2, -0.15) is 0 Å². The maximum atomic E-state index is 13.2. The Bertz CT molecular complexity index is 947. The molecule has 27 heavy (non-hydrogen) atoms. The zero-order valence-corrected chi connectivity index (χ0v) is 17.6. The quantitative estimate of drug-likeness (QED) is 0.690. The average molecular weight is 427 g/mol. The number of carbonyl (C=O) groups is 2. The van der Waals surface area contributed by atoms with Gasteiger partial charge in [0.2, 0.25) is 0 Å². The molecule has 1 N–H and O–H groups in total. The summed E-state index contributed by atoms with van der Waals surface area (Å²) in [6.07, 6.45) is 0. The number of benzene rings is 2. The number of halogens is 1. The summed E-state index contributed by atoms with van der Waals surface area (Å²) >= 11 is 3.44. The zero-order chi connectivity index (χ0) is 19.7. The van der Waals surface area contributed by atoms with E-state index in [1.54, 1.807) is 0 Å². The first kappa shape index (κ1) is 19.4. The molecule has 0 bridgehead atoms. The molecular weight excluding hydrogens is 404 g/mol. The third-order valence-electron chi connectivity index (χ3n) is 4.46. The highest BCUT2D eigenvalue weighted by Crippen LogP contribution is 2.33. The summed E-state index contributed by atoms with van der Waals surface area (Å²) in [5.41, 5.74) is 4.43. The van der Waals surface area contributed by atoms with Crippen molar-refractivity contribution >= 4 is 39.0 Å². The van der Waals surface area contributed by atoms with E-state index in [-0.39, 0.29) is 17.7 Å². The smallest absolute Gasteiger partial charge is 0.278 e. The number of aryl methyl sites for hydroxylation is 2. The van der Waals surface area contributed by atoms with Gasteiger partial charge in [0.25, 0.3) is 11.8 Å². The van der Waals surface area contributed by atoms with Crippen LogP contribution in [0.3, 0.4) is 0 Å². The van der Waals surface area contributed by atoms with Crippen LogP contribution in [0, 0.1) is 19.8 Å². The van der Waals surface area contributed by atoms with E-state index < -0.39 is 0 Å². The Morgan fingerprint density at radius 3 is 2.41 bits per heavy atom. The van der Waals surface area contributed by atoms with Crippen molar-refractivity contribution in [2.75, 3.05) is 11.9 Å². The molecular formula is C22H23BrN2O2. The lowest BCUT2D eigenvalue weighted by Crippen LogP contribution is -2.35. The highest BCUT2D eigenvalue weighted by molar-refractivity contribution is 9.10. The zero-order valence-electron chi connectivity index (χ0n) is 16.0. The van der Waals surface area contributed by atoms with E-state index in [1.165, 1.54) is 4.90 Å². The molecule has 3 rings (SSSR count). The summed E-state index contributed by atoms with van der Waals surface area (Å²) in [4.78, 5) is 27.6. The average Bonchev–Trinajstić information content (AvgIpc) is 2.80. The maximum absolute atomic E-state index is 13.2. The van der Waals surface area contributed by atoms with Gasteiger partial charge in [0.15, 0.2) is 0 Å². The SMILES string of the molecule is Cc1ccc(C2=C(Nc3cccc(Br)c3)C(=O)N(CC(C)C)C2=O)c(C)c1. The lowest BCUT2D eigenvalue weighted by molar-refractivity contribution is -0.137. The number of amides is 2. The third kappa shape index (κ3) is 3.98. The van der Waals surface area contributed by atoms with Crippen molar-refractivity contribution in [1.29, 1.82) is 0 Å². The molecule has 0 aromatic heterocycles. The minimum atomic E-state index is -0.274. The number of rotatable bonds is 5. The molecule has 1 aliphatic heterocycles. The van der Waals surface area contributed by atoms with Crippen LogP contribution in [0.5, 0.6) is 0 Å². The van der Waals surface area contributed by atoms with Gasteiger partial charge in [0.1, 0.15) is 5.70 Å². The van der Waals surface area contributed by atoms with Gasteiger partial charge in [-0.1, -0.05) is 59.6 Å². The minimum Gasteiger partial charge on any atom is -0.350 e. The molecule has 2 aromatic carbocycles. The Morgan fingerprint density at radius 1 is 1.04 bits per heavy atom. The molecule has 0 saturated heterocycles. The Kier molecular flexibility index (Phi) is 5.51. The molecule has 2 aromatic rings. The summed E-state index contributed by atoms with van der Waals surface area (Å²) in [6.45, 7) is 8.37. The Morgan fingerprint density at radius 2 is 1.78 bits per heavy atom. The molecule has 4 nitrogen and oxygen atoms in total. The number of hydrogen-bond acceptors (Lipinski definition) is 3. The van der Waals surface area contributed by atoms with Gasteiger partial charge in [-0.3, -0.25) is 14.5 Å². The number of anilines is 1. The van der Waals surface area contributed by atoms with E-state index in [1.807, 2.05) is 70.2 Å². The van der Waals surface area contributed by atoms with Crippen LogP contribution in [0.4, 0.5) is 5.69 Å². The second-order valence-electron chi connectivity index (χ2n) is 7.32. The van der Waals surface area contributed by atoms with Crippen LogP contribution in [0.25, 0.3) is 5.57 Å².